The van der Waals surface area contributed by atoms with Crippen LogP contribution in [0, 0.1) is 13.8 Å². The van der Waals surface area contributed by atoms with Crippen molar-refractivity contribution in [2.45, 2.75) is 32.2 Å². The molecular weight excluding hydrogens is 340 g/mol. The summed E-state index contributed by atoms with van der Waals surface area (Å²) >= 11 is 2.83. The van der Waals surface area contributed by atoms with Crippen LogP contribution in [0.4, 0.5) is 5.13 Å². The second-order valence-electron chi connectivity index (χ2n) is 5.47. The van der Waals surface area contributed by atoms with Crippen molar-refractivity contribution in [2.75, 3.05) is 11.1 Å². The van der Waals surface area contributed by atoms with Crippen molar-refractivity contribution in [3.8, 4) is 0 Å². The number of aromatic nitrogens is 3. The number of carbonyl (C=O) groups is 1. The van der Waals surface area contributed by atoms with E-state index in [-0.39, 0.29) is 5.91 Å². The molecule has 0 saturated carbocycles. The van der Waals surface area contributed by atoms with E-state index in [2.05, 4.69) is 53.6 Å². The predicted molar refractivity (Wildman–Crippen MR) is 99.9 cm³/mol. The minimum absolute atomic E-state index is 0.0932. The number of carbonyl (C=O) groups excluding carboxylic acids is 1. The first-order chi connectivity index (χ1) is 11.5. The quantitative estimate of drug-likeness (QED) is 0.698. The molecule has 3 rings (SSSR count). The smallest absolute Gasteiger partial charge is 0.236 e. The van der Waals surface area contributed by atoms with Gasteiger partial charge in [0.1, 0.15) is 10.0 Å². The Hall–Kier alpha value is -1.99. The van der Waals surface area contributed by atoms with E-state index in [4.69, 9.17) is 4.98 Å². The number of nitrogens with zero attached hydrogens (tertiary/aromatic N) is 3. The van der Waals surface area contributed by atoms with Crippen LogP contribution in [0.15, 0.2) is 29.3 Å². The Kier molecular flexibility index (Phi) is 5.11. The van der Waals surface area contributed by atoms with Crippen molar-refractivity contribution in [1.82, 2.24) is 15.2 Å². The van der Waals surface area contributed by atoms with Crippen molar-refractivity contribution >= 4 is 45.0 Å². The molecule has 0 fully saturated rings. The van der Waals surface area contributed by atoms with E-state index in [9.17, 15) is 4.79 Å². The SMILES string of the molecule is CCc1cc2ccc(C)cc2nc1SCC(=O)Nc1nnc(C)s1. The van der Waals surface area contributed by atoms with Gasteiger partial charge in [-0.05, 0) is 43.5 Å². The summed E-state index contributed by atoms with van der Waals surface area (Å²) < 4.78 is 0. The molecule has 5 nitrogen and oxygen atoms in total. The van der Waals surface area contributed by atoms with Crippen molar-refractivity contribution in [1.29, 1.82) is 0 Å². The van der Waals surface area contributed by atoms with Gasteiger partial charge in [0.2, 0.25) is 11.0 Å². The second-order valence-corrected chi connectivity index (χ2v) is 7.61. The van der Waals surface area contributed by atoms with Crippen LogP contribution in [-0.4, -0.2) is 26.8 Å². The molecule has 0 aliphatic heterocycles. The van der Waals surface area contributed by atoms with Gasteiger partial charge in [-0.2, -0.15) is 0 Å². The number of aryl methyl sites for hydroxylation is 3. The van der Waals surface area contributed by atoms with Crippen LogP contribution in [-0.2, 0) is 11.2 Å². The normalized spacial score (nSPS) is 11.0. The highest BCUT2D eigenvalue weighted by molar-refractivity contribution is 8.00. The topological polar surface area (TPSA) is 67.8 Å². The van der Waals surface area contributed by atoms with Crippen LogP contribution in [0.25, 0.3) is 10.9 Å². The number of thioether (sulfide) groups is 1. The van der Waals surface area contributed by atoms with Crippen LogP contribution in [0.1, 0.15) is 23.1 Å². The largest absolute Gasteiger partial charge is 0.300 e. The Bertz CT molecular complexity index is 891. The summed E-state index contributed by atoms with van der Waals surface area (Å²) in [7, 11) is 0. The summed E-state index contributed by atoms with van der Waals surface area (Å²) in [5.41, 5.74) is 3.31. The van der Waals surface area contributed by atoms with Gasteiger partial charge in [0.05, 0.1) is 11.3 Å². The zero-order valence-electron chi connectivity index (χ0n) is 13.8. The molecule has 0 radical (unpaired) electrons. The maximum absolute atomic E-state index is 12.1. The van der Waals surface area contributed by atoms with Gasteiger partial charge in [0.15, 0.2) is 0 Å². The first-order valence-electron chi connectivity index (χ1n) is 7.68. The van der Waals surface area contributed by atoms with Gasteiger partial charge in [-0.3, -0.25) is 10.1 Å². The first kappa shape index (κ1) is 16.9. The van der Waals surface area contributed by atoms with E-state index in [1.165, 1.54) is 28.7 Å². The summed E-state index contributed by atoms with van der Waals surface area (Å²) in [5.74, 6) is 0.208. The van der Waals surface area contributed by atoms with Crippen molar-refractivity contribution < 1.29 is 4.79 Å². The third kappa shape index (κ3) is 3.91. The first-order valence-corrected chi connectivity index (χ1v) is 9.48. The Balaban J connectivity index is 1.74. The van der Waals surface area contributed by atoms with E-state index in [1.807, 2.05) is 6.92 Å². The molecule has 0 saturated heterocycles. The number of fused-ring (bicyclic) bond motifs is 1. The van der Waals surface area contributed by atoms with Crippen LogP contribution < -0.4 is 5.32 Å². The number of hydrogen-bond acceptors (Lipinski definition) is 6. The number of hydrogen-bond donors (Lipinski definition) is 1. The lowest BCUT2D eigenvalue weighted by atomic mass is 10.1. The molecule has 24 heavy (non-hydrogen) atoms. The fourth-order valence-corrected chi connectivity index (χ4v) is 3.82. The Morgan fingerprint density at radius 1 is 1.25 bits per heavy atom. The lowest BCUT2D eigenvalue weighted by Gasteiger charge is -2.09. The van der Waals surface area contributed by atoms with Gasteiger partial charge in [-0.25, -0.2) is 4.98 Å². The molecule has 1 aromatic carbocycles. The van der Waals surface area contributed by atoms with Crippen molar-refractivity contribution in [2.24, 2.45) is 0 Å². The van der Waals surface area contributed by atoms with Gasteiger partial charge in [0, 0.05) is 5.39 Å². The highest BCUT2D eigenvalue weighted by Gasteiger charge is 2.11. The minimum Gasteiger partial charge on any atom is -0.300 e. The maximum Gasteiger partial charge on any atom is 0.236 e. The molecule has 124 valence electrons. The van der Waals surface area contributed by atoms with Crippen LogP contribution in [0.2, 0.25) is 0 Å². The van der Waals surface area contributed by atoms with E-state index in [1.54, 1.807) is 0 Å². The highest BCUT2D eigenvalue weighted by atomic mass is 32.2. The van der Waals surface area contributed by atoms with Gasteiger partial charge in [-0.15, -0.1) is 10.2 Å². The van der Waals surface area contributed by atoms with Crippen LogP contribution in [0.3, 0.4) is 0 Å². The fraction of sp³-hybridized carbons (Fsp3) is 0.294. The van der Waals surface area contributed by atoms with E-state index in [0.717, 1.165) is 32.9 Å². The third-order valence-electron chi connectivity index (χ3n) is 3.51. The zero-order chi connectivity index (χ0) is 17.1. The fourth-order valence-electron chi connectivity index (χ4n) is 2.32. The van der Waals surface area contributed by atoms with Crippen molar-refractivity contribution in [3.63, 3.8) is 0 Å². The third-order valence-corrected chi connectivity index (χ3v) is 5.29. The molecule has 1 amide bonds. The average molecular weight is 358 g/mol. The van der Waals surface area contributed by atoms with Gasteiger partial charge < -0.3 is 0 Å². The second kappa shape index (κ2) is 7.27. The molecule has 3 aromatic rings. The molecule has 2 heterocycles. The summed E-state index contributed by atoms with van der Waals surface area (Å²) in [5, 5.41) is 14.0. The molecule has 0 bridgehead atoms. The van der Waals surface area contributed by atoms with Gasteiger partial charge >= 0.3 is 0 Å². The number of benzene rings is 1. The van der Waals surface area contributed by atoms with Crippen LogP contribution in [0.5, 0.6) is 0 Å². The summed E-state index contributed by atoms with van der Waals surface area (Å²) in [6.07, 6.45) is 0.885. The lowest BCUT2D eigenvalue weighted by Crippen LogP contribution is -2.14. The molecule has 2 aromatic heterocycles. The summed E-state index contributed by atoms with van der Waals surface area (Å²) in [6.45, 7) is 6.01. The molecule has 0 aliphatic rings. The standard InChI is InChI=1S/C17H18N4OS2/c1-4-12-8-13-6-5-10(2)7-14(13)18-16(12)23-9-15(22)19-17-21-20-11(3)24-17/h5-8H,4,9H2,1-3H3,(H,19,21,22). The zero-order valence-corrected chi connectivity index (χ0v) is 15.4. The van der Waals surface area contributed by atoms with E-state index >= 15 is 0 Å². The number of pyridine rings is 1. The molecule has 0 atom stereocenters. The van der Waals surface area contributed by atoms with Gasteiger partial charge in [0.25, 0.3) is 0 Å². The molecule has 7 heteroatoms. The van der Waals surface area contributed by atoms with Crippen LogP contribution >= 0.6 is 23.1 Å². The van der Waals surface area contributed by atoms with Gasteiger partial charge in [-0.1, -0.05) is 42.2 Å². The average Bonchev–Trinajstić information content (AvgIpc) is 2.96. The van der Waals surface area contributed by atoms with Crippen molar-refractivity contribution in [3.05, 3.63) is 40.4 Å². The highest BCUT2D eigenvalue weighted by Crippen LogP contribution is 2.26. The Morgan fingerprint density at radius 3 is 2.79 bits per heavy atom. The van der Waals surface area contributed by atoms with E-state index < -0.39 is 0 Å². The number of amides is 1. The van der Waals surface area contributed by atoms with E-state index in [0.29, 0.717) is 10.9 Å². The summed E-state index contributed by atoms with van der Waals surface area (Å²) in [4.78, 5) is 16.8. The summed E-state index contributed by atoms with van der Waals surface area (Å²) in [6, 6.07) is 8.42. The Morgan fingerprint density at radius 2 is 2.08 bits per heavy atom. The molecule has 0 aliphatic carbocycles. The monoisotopic (exact) mass is 358 g/mol. The minimum atomic E-state index is -0.0932. The maximum atomic E-state index is 12.1. The molecule has 1 N–H and O–H groups in total. The lowest BCUT2D eigenvalue weighted by molar-refractivity contribution is -0.113. The molecule has 0 unspecified atom stereocenters. The predicted octanol–water partition coefficient (Wildman–Crippen LogP) is 4.00. The number of anilines is 1. The number of rotatable bonds is 5. The Labute approximate surface area is 148 Å². The molecule has 0 spiro atoms. The molecular formula is C17H18N4OS2. The number of nitrogens with one attached hydrogen (secondary N) is 1.